The van der Waals surface area contributed by atoms with Gasteiger partial charge in [-0.1, -0.05) is 25.1 Å². The summed E-state index contributed by atoms with van der Waals surface area (Å²) in [4.78, 5) is 13.0. The van der Waals surface area contributed by atoms with Gasteiger partial charge in [0.15, 0.2) is 0 Å². The number of hydrogen-bond donors (Lipinski definition) is 2. The maximum atomic E-state index is 12.8. The lowest BCUT2D eigenvalue weighted by atomic mass is 9.94. The van der Waals surface area contributed by atoms with Crippen molar-refractivity contribution in [1.82, 2.24) is 14.9 Å². The van der Waals surface area contributed by atoms with Gasteiger partial charge in [-0.3, -0.25) is 4.79 Å². The van der Waals surface area contributed by atoms with Crippen LogP contribution >= 0.6 is 12.4 Å². The number of piperidine rings is 1. The fraction of sp³-hybridized carbons (Fsp3) is 0.588. The van der Waals surface area contributed by atoms with Crippen LogP contribution in [0.25, 0.3) is 0 Å². The Morgan fingerprint density at radius 2 is 1.96 bits per heavy atom. The number of nitrogens with one attached hydrogen (secondary N) is 2. The van der Waals surface area contributed by atoms with E-state index < -0.39 is 16.1 Å². The zero-order valence-electron chi connectivity index (χ0n) is 14.3. The Balaban J connectivity index is 0.00000225. The molecule has 1 aromatic carbocycles. The Hall–Kier alpha value is -1.15. The quantitative estimate of drug-likeness (QED) is 0.818. The van der Waals surface area contributed by atoms with Gasteiger partial charge in [0.25, 0.3) is 0 Å². The largest absolute Gasteiger partial charge is 0.350 e. The number of nitrogens with zero attached hydrogens (tertiary/aromatic N) is 1. The van der Waals surface area contributed by atoms with Crippen molar-refractivity contribution in [2.45, 2.75) is 43.2 Å². The summed E-state index contributed by atoms with van der Waals surface area (Å²) in [5.41, 5.74) is 0. The molecule has 3 atom stereocenters. The minimum absolute atomic E-state index is 0. The molecule has 140 valence electrons. The normalized spacial score (nSPS) is 27.5. The second kappa shape index (κ2) is 8.49. The smallest absolute Gasteiger partial charge is 0.243 e. The molecule has 0 aliphatic carbocycles. The van der Waals surface area contributed by atoms with Gasteiger partial charge >= 0.3 is 0 Å². The zero-order valence-corrected chi connectivity index (χ0v) is 16.0. The summed E-state index contributed by atoms with van der Waals surface area (Å²) in [7, 11) is -3.63. The number of amides is 1. The Labute approximate surface area is 155 Å². The summed E-state index contributed by atoms with van der Waals surface area (Å²) in [6.45, 7) is 4.23. The number of carbonyl (C=O) groups excluding carboxylic acids is 1. The van der Waals surface area contributed by atoms with Crippen LogP contribution in [0.4, 0.5) is 0 Å². The van der Waals surface area contributed by atoms with Gasteiger partial charge in [-0.05, 0) is 43.9 Å². The van der Waals surface area contributed by atoms with Crippen molar-refractivity contribution in [3.8, 4) is 0 Å². The van der Waals surface area contributed by atoms with E-state index in [4.69, 9.17) is 0 Å². The lowest BCUT2D eigenvalue weighted by Crippen LogP contribution is -2.55. The summed E-state index contributed by atoms with van der Waals surface area (Å²) < 4.78 is 27.0. The molecule has 2 N–H and O–H groups in total. The van der Waals surface area contributed by atoms with E-state index in [2.05, 4.69) is 17.6 Å². The fourth-order valence-corrected chi connectivity index (χ4v) is 5.16. The molecule has 3 rings (SSSR count). The van der Waals surface area contributed by atoms with Crippen LogP contribution in [0.5, 0.6) is 0 Å². The minimum atomic E-state index is -3.63. The van der Waals surface area contributed by atoms with Crippen molar-refractivity contribution < 1.29 is 13.2 Å². The predicted octanol–water partition coefficient (Wildman–Crippen LogP) is 1.38. The van der Waals surface area contributed by atoms with Crippen LogP contribution in [0, 0.1) is 5.92 Å². The molecule has 2 fully saturated rings. The van der Waals surface area contributed by atoms with Crippen molar-refractivity contribution >= 4 is 28.3 Å². The van der Waals surface area contributed by atoms with Gasteiger partial charge in [0.1, 0.15) is 6.04 Å². The van der Waals surface area contributed by atoms with Gasteiger partial charge in [-0.2, -0.15) is 4.31 Å². The molecule has 8 heteroatoms. The van der Waals surface area contributed by atoms with Crippen molar-refractivity contribution in [2.75, 3.05) is 19.6 Å². The first kappa shape index (κ1) is 20.2. The Morgan fingerprint density at radius 1 is 1.24 bits per heavy atom. The molecular formula is C17H26ClN3O3S. The molecule has 1 amide bonds. The topological polar surface area (TPSA) is 78.5 Å². The van der Waals surface area contributed by atoms with Crippen LogP contribution in [-0.4, -0.2) is 50.3 Å². The highest BCUT2D eigenvalue weighted by molar-refractivity contribution is 7.89. The average molecular weight is 388 g/mol. The van der Waals surface area contributed by atoms with Crippen LogP contribution in [0.3, 0.4) is 0 Å². The van der Waals surface area contributed by atoms with Crippen molar-refractivity contribution in [2.24, 2.45) is 5.92 Å². The van der Waals surface area contributed by atoms with E-state index in [0.29, 0.717) is 25.3 Å². The minimum Gasteiger partial charge on any atom is -0.350 e. The van der Waals surface area contributed by atoms with E-state index >= 15 is 0 Å². The van der Waals surface area contributed by atoms with Crippen molar-refractivity contribution in [3.05, 3.63) is 30.3 Å². The summed E-state index contributed by atoms with van der Waals surface area (Å²) in [6, 6.07) is 7.80. The average Bonchev–Trinajstić information content (AvgIpc) is 3.08. The Morgan fingerprint density at radius 3 is 2.64 bits per heavy atom. The molecule has 3 unspecified atom stereocenters. The third-order valence-corrected chi connectivity index (χ3v) is 6.93. The highest BCUT2D eigenvalue weighted by Gasteiger charge is 2.40. The van der Waals surface area contributed by atoms with E-state index in [1.807, 2.05) is 0 Å². The third kappa shape index (κ3) is 4.34. The number of halogens is 1. The SMILES string of the molecule is CC1CCNCC1NC(=O)C1CCCN1S(=O)(=O)c1ccccc1.Cl. The number of carbonyl (C=O) groups is 1. The van der Waals surface area contributed by atoms with Gasteiger partial charge in [-0.25, -0.2) is 8.42 Å². The van der Waals surface area contributed by atoms with E-state index in [9.17, 15) is 13.2 Å². The van der Waals surface area contributed by atoms with E-state index in [-0.39, 0.29) is 29.3 Å². The van der Waals surface area contributed by atoms with Crippen LogP contribution in [-0.2, 0) is 14.8 Å². The number of sulfonamides is 1. The molecule has 0 saturated carbocycles. The molecule has 2 aliphatic rings. The first-order valence-electron chi connectivity index (χ1n) is 8.58. The molecule has 0 radical (unpaired) electrons. The van der Waals surface area contributed by atoms with Crippen molar-refractivity contribution in [1.29, 1.82) is 0 Å². The molecule has 1 aromatic rings. The van der Waals surface area contributed by atoms with Crippen LogP contribution in [0.2, 0.25) is 0 Å². The van der Waals surface area contributed by atoms with Crippen LogP contribution in [0.1, 0.15) is 26.2 Å². The Kier molecular flexibility index (Phi) is 6.85. The van der Waals surface area contributed by atoms with Crippen LogP contribution < -0.4 is 10.6 Å². The van der Waals surface area contributed by atoms with Gasteiger partial charge in [0.05, 0.1) is 4.90 Å². The first-order chi connectivity index (χ1) is 11.5. The van der Waals surface area contributed by atoms with Gasteiger partial charge < -0.3 is 10.6 Å². The lowest BCUT2D eigenvalue weighted by molar-refractivity contribution is -0.125. The molecule has 6 nitrogen and oxygen atoms in total. The number of benzene rings is 1. The van der Waals surface area contributed by atoms with Crippen LogP contribution in [0.15, 0.2) is 35.2 Å². The third-order valence-electron chi connectivity index (χ3n) is 5.01. The lowest BCUT2D eigenvalue weighted by Gasteiger charge is -2.32. The zero-order chi connectivity index (χ0) is 17.2. The summed E-state index contributed by atoms with van der Waals surface area (Å²) in [5.74, 6) is 0.225. The summed E-state index contributed by atoms with van der Waals surface area (Å²) in [6.07, 6.45) is 2.30. The maximum absolute atomic E-state index is 12.8. The highest BCUT2D eigenvalue weighted by atomic mass is 35.5. The number of rotatable bonds is 4. The Bertz CT molecular complexity index is 684. The second-order valence-electron chi connectivity index (χ2n) is 6.67. The van der Waals surface area contributed by atoms with E-state index in [0.717, 1.165) is 19.5 Å². The predicted molar refractivity (Wildman–Crippen MR) is 99.2 cm³/mol. The van der Waals surface area contributed by atoms with Gasteiger partial charge in [0, 0.05) is 19.1 Å². The molecule has 2 aliphatic heterocycles. The molecule has 0 spiro atoms. The highest BCUT2D eigenvalue weighted by Crippen LogP contribution is 2.26. The van der Waals surface area contributed by atoms with Gasteiger partial charge in [0.2, 0.25) is 15.9 Å². The maximum Gasteiger partial charge on any atom is 0.243 e. The summed E-state index contributed by atoms with van der Waals surface area (Å²) in [5, 5.41) is 6.34. The van der Waals surface area contributed by atoms with Crippen molar-refractivity contribution in [3.63, 3.8) is 0 Å². The van der Waals surface area contributed by atoms with E-state index in [1.54, 1.807) is 30.3 Å². The molecule has 0 aromatic heterocycles. The summed E-state index contributed by atoms with van der Waals surface area (Å²) >= 11 is 0. The molecular weight excluding hydrogens is 362 g/mol. The van der Waals surface area contributed by atoms with Gasteiger partial charge in [-0.15, -0.1) is 12.4 Å². The van der Waals surface area contributed by atoms with E-state index in [1.165, 1.54) is 4.31 Å². The molecule has 0 bridgehead atoms. The molecule has 25 heavy (non-hydrogen) atoms. The molecule has 2 saturated heterocycles. The monoisotopic (exact) mass is 387 g/mol. The standard InChI is InChI=1S/C17H25N3O3S.ClH/c1-13-9-10-18-12-15(13)19-17(21)16-8-5-11-20(16)24(22,23)14-6-3-2-4-7-14;/h2-4,6-7,13,15-16,18H,5,8-12H2,1H3,(H,19,21);1H. The number of hydrogen-bond acceptors (Lipinski definition) is 4. The molecule has 2 heterocycles. The first-order valence-corrected chi connectivity index (χ1v) is 10.0. The second-order valence-corrected chi connectivity index (χ2v) is 8.56. The fourth-order valence-electron chi connectivity index (χ4n) is 3.48.